The van der Waals surface area contributed by atoms with Crippen LogP contribution in [-0.2, 0) is 0 Å². The maximum atomic E-state index is 12.7. The second kappa shape index (κ2) is 6.43. The van der Waals surface area contributed by atoms with E-state index in [1.54, 1.807) is 12.1 Å². The number of amides is 1. The van der Waals surface area contributed by atoms with Gasteiger partial charge < -0.3 is 10.2 Å². The van der Waals surface area contributed by atoms with E-state index in [4.69, 9.17) is 4.84 Å². The van der Waals surface area contributed by atoms with Crippen LogP contribution in [0.25, 0.3) is 10.8 Å². The number of aromatic nitrogens is 1. The lowest BCUT2D eigenvalue weighted by atomic mass is 10.1. The van der Waals surface area contributed by atoms with Crippen LogP contribution < -0.4 is 15.7 Å². The summed E-state index contributed by atoms with van der Waals surface area (Å²) in [4.78, 5) is 30.6. The SMILES string of the molecule is COn1c(C(=O)Nc2ccc(C)cc2C)cc2ccc(C)cc2c1=O. The Hall–Kier alpha value is -3.08. The molecule has 3 aromatic rings. The Balaban J connectivity index is 2.09. The molecule has 0 aliphatic rings. The topological polar surface area (TPSA) is 60.3 Å². The van der Waals surface area contributed by atoms with Crippen LogP contribution in [0.1, 0.15) is 27.2 Å². The zero-order valence-corrected chi connectivity index (χ0v) is 14.7. The number of carbonyl (C=O) groups is 1. The summed E-state index contributed by atoms with van der Waals surface area (Å²) in [6.07, 6.45) is 0. The highest BCUT2D eigenvalue weighted by atomic mass is 16.6. The van der Waals surface area contributed by atoms with Gasteiger partial charge in [-0.05, 0) is 49.9 Å². The molecule has 0 aliphatic heterocycles. The van der Waals surface area contributed by atoms with Crippen LogP contribution >= 0.6 is 0 Å². The van der Waals surface area contributed by atoms with E-state index < -0.39 is 5.91 Å². The highest BCUT2D eigenvalue weighted by Crippen LogP contribution is 2.18. The van der Waals surface area contributed by atoms with Crippen molar-refractivity contribution >= 4 is 22.4 Å². The van der Waals surface area contributed by atoms with Crippen LogP contribution in [0.2, 0.25) is 0 Å². The van der Waals surface area contributed by atoms with E-state index >= 15 is 0 Å². The molecular weight excluding hydrogens is 316 g/mol. The van der Waals surface area contributed by atoms with Crippen molar-refractivity contribution in [2.45, 2.75) is 20.8 Å². The van der Waals surface area contributed by atoms with Gasteiger partial charge in [-0.25, -0.2) is 0 Å². The second-order valence-corrected chi connectivity index (χ2v) is 6.17. The summed E-state index contributed by atoms with van der Waals surface area (Å²) in [7, 11) is 1.37. The van der Waals surface area contributed by atoms with Gasteiger partial charge in [0.15, 0.2) is 0 Å². The summed E-state index contributed by atoms with van der Waals surface area (Å²) >= 11 is 0. The first-order valence-electron chi connectivity index (χ1n) is 8.00. The number of benzene rings is 2. The van der Waals surface area contributed by atoms with E-state index in [2.05, 4.69) is 5.32 Å². The number of hydrogen-bond acceptors (Lipinski definition) is 3. The Kier molecular flexibility index (Phi) is 4.31. The number of rotatable bonds is 3. The molecule has 0 bridgehead atoms. The van der Waals surface area contributed by atoms with Crippen LogP contribution in [0.5, 0.6) is 0 Å². The van der Waals surface area contributed by atoms with Crippen LogP contribution in [0.4, 0.5) is 5.69 Å². The number of pyridine rings is 1. The number of aryl methyl sites for hydroxylation is 3. The molecule has 1 heterocycles. The summed E-state index contributed by atoms with van der Waals surface area (Å²) in [5.74, 6) is -0.395. The first-order valence-corrected chi connectivity index (χ1v) is 8.00. The molecule has 128 valence electrons. The maximum Gasteiger partial charge on any atom is 0.291 e. The monoisotopic (exact) mass is 336 g/mol. The van der Waals surface area contributed by atoms with E-state index in [1.807, 2.05) is 51.1 Å². The van der Waals surface area contributed by atoms with Gasteiger partial charge >= 0.3 is 0 Å². The second-order valence-electron chi connectivity index (χ2n) is 6.17. The van der Waals surface area contributed by atoms with Crippen LogP contribution in [-0.4, -0.2) is 17.7 Å². The van der Waals surface area contributed by atoms with E-state index in [0.29, 0.717) is 16.5 Å². The van der Waals surface area contributed by atoms with Crippen molar-refractivity contribution in [3.8, 4) is 0 Å². The first-order chi connectivity index (χ1) is 11.9. The fraction of sp³-hybridized carbons (Fsp3) is 0.200. The van der Waals surface area contributed by atoms with Crippen molar-refractivity contribution in [1.29, 1.82) is 0 Å². The van der Waals surface area contributed by atoms with Crippen molar-refractivity contribution < 1.29 is 9.63 Å². The highest BCUT2D eigenvalue weighted by Gasteiger charge is 2.17. The van der Waals surface area contributed by atoms with E-state index in [1.165, 1.54) is 7.11 Å². The quantitative estimate of drug-likeness (QED) is 0.799. The minimum Gasteiger partial charge on any atom is -0.413 e. The molecule has 5 heteroatoms. The molecule has 2 aromatic carbocycles. The number of nitrogens with zero attached hydrogens (tertiary/aromatic N) is 1. The van der Waals surface area contributed by atoms with Gasteiger partial charge in [-0.2, -0.15) is 0 Å². The van der Waals surface area contributed by atoms with Crippen molar-refractivity contribution in [2.75, 3.05) is 12.4 Å². The van der Waals surface area contributed by atoms with Gasteiger partial charge in [0.1, 0.15) is 12.8 Å². The molecule has 0 saturated heterocycles. The summed E-state index contributed by atoms with van der Waals surface area (Å²) in [5, 5.41) is 4.07. The Morgan fingerprint density at radius 1 is 1.00 bits per heavy atom. The lowest BCUT2D eigenvalue weighted by Gasteiger charge is -2.14. The summed E-state index contributed by atoms with van der Waals surface area (Å²) in [5.41, 5.74) is 3.55. The van der Waals surface area contributed by atoms with Gasteiger partial charge in [0, 0.05) is 5.69 Å². The molecule has 3 rings (SSSR count). The first kappa shape index (κ1) is 16.8. The molecule has 25 heavy (non-hydrogen) atoms. The Bertz CT molecular complexity index is 1040. The minimum absolute atomic E-state index is 0.156. The summed E-state index contributed by atoms with van der Waals surface area (Å²) in [6, 6.07) is 13.0. The van der Waals surface area contributed by atoms with E-state index in [-0.39, 0.29) is 11.3 Å². The Labute approximate surface area is 145 Å². The van der Waals surface area contributed by atoms with Crippen molar-refractivity contribution in [3.63, 3.8) is 0 Å². The lowest BCUT2D eigenvalue weighted by molar-refractivity contribution is 0.0952. The van der Waals surface area contributed by atoms with Gasteiger partial charge in [-0.1, -0.05) is 35.4 Å². The predicted octanol–water partition coefficient (Wildman–Crippen LogP) is 3.24. The molecule has 0 spiro atoms. The number of fused-ring (bicyclic) bond motifs is 1. The summed E-state index contributed by atoms with van der Waals surface area (Å²) < 4.78 is 1.03. The van der Waals surface area contributed by atoms with E-state index in [9.17, 15) is 9.59 Å². The van der Waals surface area contributed by atoms with Gasteiger partial charge in [0.05, 0.1) is 5.39 Å². The molecule has 5 nitrogen and oxygen atoms in total. The number of hydrogen-bond donors (Lipinski definition) is 1. The van der Waals surface area contributed by atoms with Crippen molar-refractivity contribution in [2.24, 2.45) is 0 Å². The average Bonchev–Trinajstić information content (AvgIpc) is 2.57. The molecule has 0 aliphatic carbocycles. The molecule has 1 amide bonds. The average molecular weight is 336 g/mol. The largest absolute Gasteiger partial charge is 0.413 e. The molecule has 0 radical (unpaired) electrons. The normalized spacial score (nSPS) is 10.7. The van der Waals surface area contributed by atoms with E-state index in [0.717, 1.165) is 21.4 Å². The fourth-order valence-electron chi connectivity index (χ4n) is 2.89. The Morgan fingerprint density at radius 3 is 2.36 bits per heavy atom. The third-order valence-corrected chi connectivity index (χ3v) is 4.18. The third-order valence-electron chi connectivity index (χ3n) is 4.18. The molecular formula is C20H20N2O3. The molecule has 0 atom stereocenters. The number of anilines is 1. The molecule has 1 N–H and O–H groups in total. The molecule has 1 aromatic heterocycles. The van der Waals surface area contributed by atoms with Crippen LogP contribution in [0.3, 0.4) is 0 Å². The van der Waals surface area contributed by atoms with Crippen molar-refractivity contribution in [1.82, 2.24) is 4.73 Å². The van der Waals surface area contributed by atoms with Gasteiger partial charge in [0.2, 0.25) is 0 Å². The van der Waals surface area contributed by atoms with Gasteiger partial charge in [0.25, 0.3) is 11.5 Å². The molecule has 0 unspecified atom stereocenters. The van der Waals surface area contributed by atoms with Gasteiger partial charge in [-0.3, -0.25) is 9.59 Å². The van der Waals surface area contributed by atoms with Crippen LogP contribution in [0.15, 0.2) is 47.3 Å². The summed E-state index contributed by atoms with van der Waals surface area (Å²) in [6.45, 7) is 5.83. The predicted molar refractivity (Wildman–Crippen MR) is 99.3 cm³/mol. The Morgan fingerprint density at radius 2 is 1.68 bits per heavy atom. The van der Waals surface area contributed by atoms with Crippen LogP contribution in [0, 0.1) is 20.8 Å². The zero-order chi connectivity index (χ0) is 18.1. The van der Waals surface area contributed by atoms with Gasteiger partial charge in [-0.15, -0.1) is 4.73 Å². The smallest absolute Gasteiger partial charge is 0.291 e. The number of nitrogens with one attached hydrogen (secondary N) is 1. The highest BCUT2D eigenvalue weighted by molar-refractivity contribution is 6.05. The van der Waals surface area contributed by atoms with Crippen molar-refractivity contribution in [3.05, 3.63) is 75.2 Å². The fourth-order valence-corrected chi connectivity index (χ4v) is 2.89. The molecule has 0 saturated carbocycles. The maximum absolute atomic E-state index is 12.7. The number of carbonyl (C=O) groups excluding carboxylic acids is 1. The zero-order valence-electron chi connectivity index (χ0n) is 14.7. The third kappa shape index (κ3) is 3.13. The standard InChI is InChI=1S/C20H20N2O3/c1-12-6-8-17(14(3)9-12)21-19(23)18-11-15-7-5-13(2)10-16(15)20(24)22(18)25-4/h5-11H,1-4H3,(H,21,23). The molecule has 0 fully saturated rings. The lowest BCUT2D eigenvalue weighted by Crippen LogP contribution is -2.32. The minimum atomic E-state index is -0.395.